The number of aromatic amines is 1. The summed E-state index contributed by atoms with van der Waals surface area (Å²) in [5.74, 6) is -0.159. The molecule has 0 aliphatic carbocycles. The number of carboxylic acid groups (broad SMARTS) is 1. The number of nitrogens with zero attached hydrogens (tertiary/aromatic N) is 3. The Labute approximate surface area is 104 Å². The topological polar surface area (TPSA) is 89.5 Å². The SMILES string of the molecule is O=C(O)CN1CCCN(c2cc(=O)[nH]cn2)CC1. The van der Waals surface area contributed by atoms with Crippen LogP contribution in [0.15, 0.2) is 17.2 Å². The van der Waals surface area contributed by atoms with Crippen LogP contribution in [0.2, 0.25) is 0 Å². The van der Waals surface area contributed by atoms with Crippen LogP contribution in [0.4, 0.5) is 5.82 Å². The van der Waals surface area contributed by atoms with E-state index in [1.165, 1.54) is 12.4 Å². The summed E-state index contributed by atoms with van der Waals surface area (Å²) in [5.41, 5.74) is -0.174. The van der Waals surface area contributed by atoms with Crippen LogP contribution in [0, 0.1) is 0 Å². The molecule has 2 rings (SSSR count). The summed E-state index contributed by atoms with van der Waals surface area (Å²) < 4.78 is 0. The highest BCUT2D eigenvalue weighted by Crippen LogP contribution is 2.10. The summed E-state index contributed by atoms with van der Waals surface area (Å²) in [6.45, 7) is 2.96. The van der Waals surface area contributed by atoms with E-state index in [4.69, 9.17) is 5.11 Å². The summed E-state index contributed by atoms with van der Waals surface area (Å²) >= 11 is 0. The number of rotatable bonds is 3. The minimum absolute atomic E-state index is 0.0661. The normalized spacial score (nSPS) is 17.4. The highest BCUT2D eigenvalue weighted by Gasteiger charge is 2.17. The van der Waals surface area contributed by atoms with Gasteiger partial charge in [-0.05, 0) is 6.42 Å². The van der Waals surface area contributed by atoms with Gasteiger partial charge in [-0.3, -0.25) is 14.5 Å². The van der Waals surface area contributed by atoms with Crippen molar-refractivity contribution in [2.75, 3.05) is 37.6 Å². The number of aliphatic carboxylic acids is 1. The Morgan fingerprint density at radius 2 is 2.22 bits per heavy atom. The van der Waals surface area contributed by atoms with Crippen LogP contribution in [0.1, 0.15) is 6.42 Å². The van der Waals surface area contributed by atoms with Gasteiger partial charge in [0.2, 0.25) is 0 Å². The first-order chi connectivity index (χ1) is 8.65. The van der Waals surface area contributed by atoms with E-state index >= 15 is 0 Å². The van der Waals surface area contributed by atoms with Gasteiger partial charge in [0, 0.05) is 32.2 Å². The lowest BCUT2D eigenvalue weighted by Gasteiger charge is -2.21. The Morgan fingerprint density at radius 3 is 2.94 bits per heavy atom. The zero-order chi connectivity index (χ0) is 13.0. The van der Waals surface area contributed by atoms with Gasteiger partial charge in [-0.25, -0.2) is 4.98 Å². The monoisotopic (exact) mass is 252 g/mol. The van der Waals surface area contributed by atoms with Crippen molar-refractivity contribution < 1.29 is 9.90 Å². The Bertz CT molecular complexity index is 473. The molecule has 1 aromatic heterocycles. The number of hydrogen-bond acceptors (Lipinski definition) is 5. The van der Waals surface area contributed by atoms with Gasteiger partial charge in [0.15, 0.2) is 0 Å². The van der Waals surface area contributed by atoms with Crippen LogP contribution in [-0.4, -0.2) is 58.7 Å². The van der Waals surface area contributed by atoms with E-state index in [1.54, 1.807) is 0 Å². The molecule has 1 aliphatic rings. The van der Waals surface area contributed by atoms with E-state index < -0.39 is 5.97 Å². The van der Waals surface area contributed by atoms with Gasteiger partial charge >= 0.3 is 5.97 Å². The van der Waals surface area contributed by atoms with Crippen LogP contribution in [0.3, 0.4) is 0 Å². The second-order valence-electron chi connectivity index (χ2n) is 4.28. The molecule has 7 heteroatoms. The highest BCUT2D eigenvalue weighted by atomic mass is 16.4. The average Bonchev–Trinajstić information content (AvgIpc) is 2.54. The van der Waals surface area contributed by atoms with Gasteiger partial charge in [-0.2, -0.15) is 0 Å². The number of carbonyl (C=O) groups is 1. The molecule has 7 nitrogen and oxygen atoms in total. The molecule has 0 amide bonds. The molecule has 1 aromatic rings. The van der Waals surface area contributed by atoms with Gasteiger partial charge in [0.05, 0.1) is 12.9 Å². The largest absolute Gasteiger partial charge is 0.480 e. The molecular weight excluding hydrogens is 236 g/mol. The molecule has 2 N–H and O–H groups in total. The summed E-state index contributed by atoms with van der Waals surface area (Å²) in [7, 11) is 0. The lowest BCUT2D eigenvalue weighted by Crippen LogP contribution is -2.34. The van der Waals surface area contributed by atoms with E-state index in [-0.39, 0.29) is 12.1 Å². The van der Waals surface area contributed by atoms with Crippen molar-refractivity contribution in [1.82, 2.24) is 14.9 Å². The van der Waals surface area contributed by atoms with Crippen molar-refractivity contribution in [1.29, 1.82) is 0 Å². The summed E-state index contributed by atoms with van der Waals surface area (Å²) in [6, 6.07) is 1.47. The van der Waals surface area contributed by atoms with Gasteiger partial charge < -0.3 is 15.0 Å². The maximum Gasteiger partial charge on any atom is 0.317 e. The van der Waals surface area contributed by atoms with Crippen LogP contribution in [-0.2, 0) is 4.79 Å². The van der Waals surface area contributed by atoms with Crippen LogP contribution in [0.5, 0.6) is 0 Å². The van der Waals surface area contributed by atoms with Crippen molar-refractivity contribution in [3.63, 3.8) is 0 Å². The van der Waals surface area contributed by atoms with E-state index in [2.05, 4.69) is 9.97 Å². The fourth-order valence-electron chi connectivity index (χ4n) is 2.08. The molecule has 0 spiro atoms. The molecule has 2 heterocycles. The standard InChI is InChI=1S/C11H16N4O3/c16-10-6-9(12-8-13-10)15-3-1-2-14(4-5-15)7-11(17)18/h6,8H,1-5,7H2,(H,17,18)(H,12,13,16). The molecule has 1 saturated heterocycles. The highest BCUT2D eigenvalue weighted by molar-refractivity contribution is 5.69. The molecule has 1 fully saturated rings. The predicted molar refractivity (Wildman–Crippen MR) is 65.8 cm³/mol. The third-order valence-corrected chi connectivity index (χ3v) is 2.94. The molecule has 0 radical (unpaired) electrons. The van der Waals surface area contributed by atoms with E-state index in [1.807, 2.05) is 9.80 Å². The average molecular weight is 252 g/mol. The summed E-state index contributed by atoms with van der Waals surface area (Å²) in [5, 5.41) is 8.76. The molecule has 0 aromatic carbocycles. The number of nitrogens with one attached hydrogen (secondary N) is 1. The van der Waals surface area contributed by atoms with Crippen LogP contribution in [0.25, 0.3) is 0 Å². The third kappa shape index (κ3) is 3.30. The first kappa shape index (κ1) is 12.6. The lowest BCUT2D eigenvalue weighted by molar-refractivity contribution is -0.138. The van der Waals surface area contributed by atoms with Gasteiger partial charge in [0.25, 0.3) is 5.56 Å². The Hall–Kier alpha value is -1.89. The third-order valence-electron chi connectivity index (χ3n) is 2.94. The van der Waals surface area contributed by atoms with E-state index in [0.29, 0.717) is 18.9 Å². The van der Waals surface area contributed by atoms with Crippen LogP contribution >= 0.6 is 0 Å². The Balaban J connectivity index is 2.00. The minimum atomic E-state index is -0.808. The van der Waals surface area contributed by atoms with E-state index in [0.717, 1.165) is 19.5 Å². The number of aromatic nitrogens is 2. The zero-order valence-corrected chi connectivity index (χ0v) is 10.0. The second-order valence-corrected chi connectivity index (χ2v) is 4.28. The smallest absolute Gasteiger partial charge is 0.317 e. The number of anilines is 1. The predicted octanol–water partition coefficient (Wildman–Crippen LogP) is -0.633. The first-order valence-electron chi connectivity index (χ1n) is 5.89. The maximum atomic E-state index is 11.2. The van der Waals surface area contributed by atoms with Crippen LogP contribution < -0.4 is 10.5 Å². The van der Waals surface area contributed by atoms with Gasteiger partial charge in [0.1, 0.15) is 5.82 Å². The fourth-order valence-corrected chi connectivity index (χ4v) is 2.08. The summed E-state index contributed by atoms with van der Waals surface area (Å²) in [4.78, 5) is 32.4. The minimum Gasteiger partial charge on any atom is -0.480 e. The molecule has 0 unspecified atom stereocenters. The van der Waals surface area contributed by atoms with Crippen molar-refractivity contribution in [3.05, 3.63) is 22.7 Å². The molecule has 0 saturated carbocycles. The van der Waals surface area contributed by atoms with Crippen molar-refractivity contribution in [2.24, 2.45) is 0 Å². The zero-order valence-electron chi connectivity index (χ0n) is 10.0. The number of hydrogen-bond donors (Lipinski definition) is 2. The van der Waals surface area contributed by atoms with Crippen molar-refractivity contribution in [3.8, 4) is 0 Å². The summed E-state index contributed by atoms with van der Waals surface area (Å²) in [6.07, 6.45) is 2.25. The molecule has 98 valence electrons. The quantitative estimate of drug-likeness (QED) is 0.744. The molecular formula is C11H16N4O3. The van der Waals surface area contributed by atoms with E-state index in [9.17, 15) is 9.59 Å². The number of H-pyrrole nitrogens is 1. The first-order valence-corrected chi connectivity index (χ1v) is 5.89. The second kappa shape index (κ2) is 5.63. The van der Waals surface area contributed by atoms with Crippen molar-refractivity contribution >= 4 is 11.8 Å². The fraction of sp³-hybridized carbons (Fsp3) is 0.545. The number of carboxylic acids is 1. The molecule has 0 atom stereocenters. The van der Waals surface area contributed by atoms with Gasteiger partial charge in [-0.15, -0.1) is 0 Å². The molecule has 0 bridgehead atoms. The Kier molecular flexibility index (Phi) is 3.93. The Morgan fingerprint density at radius 1 is 1.39 bits per heavy atom. The molecule has 18 heavy (non-hydrogen) atoms. The van der Waals surface area contributed by atoms with Gasteiger partial charge in [-0.1, -0.05) is 0 Å². The molecule has 1 aliphatic heterocycles. The van der Waals surface area contributed by atoms with Crippen molar-refractivity contribution in [2.45, 2.75) is 6.42 Å². The maximum absolute atomic E-state index is 11.2. The lowest BCUT2D eigenvalue weighted by atomic mass is 10.3.